The fourth-order valence-corrected chi connectivity index (χ4v) is 2.03. The molecule has 0 radical (unpaired) electrons. The maximum absolute atomic E-state index is 5.68. The van der Waals surface area contributed by atoms with Crippen LogP contribution >= 0.6 is 0 Å². The zero-order chi connectivity index (χ0) is 9.40. The summed E-state index contributed by atoms with van der Waals surface area (Å²) in [5, 5.41) is 0. The summed E-state index contributed by atoms with van der Waals surface area (Å²) in [7, 11) is -0.838. The Balaban J connectivity index is 3.40. The minimum Gasteiger partial charge on any atom is -0.415 e. The molecule has 1 nitrogen and oxygen atoms in total. The van der Waals surface area contributed by atoms with Gasteiger partial charge in [0.15, 0.2) is 9.04 Å². The molecule has 0 saturated heterocycles. The second-order valence-electron chi connectivity index (χ2n) is 3.46. The number of hydrogen-bond acceptors (Lipinski definition) is 1. The highest BCUT2D eigenvalue weighted by molar-refractivity contribution is 6.48. The van der Waals surface area contributed by atoms with Crippen LogP contribution in [0.4, 0.5) is 0 Å². The molecule has 0 bridgehead atoms. The molecule has 0 amide bonds. The van der Waals surface area contributed by atoms with Crippen molar-refractivity contribution in [2.45, 2.75) is 52.3 Å². The lowest BCUT2D eigenvalue weighted by Crippen LogP contribution is -2.15. The molecule has 0 aromatic carbocycles. The molecule has 0 heterocycles. The van der Waals surface area contributed by atoms with Gasteiger partial charge in [-0.1, -0.05) is 31.9 Å². The fourth-order valence-electron chi connectivity index (χ4n) is 1.08. The molecule has 0 aliphatic heterocycles. The molecule has 0 aliphatic rings. The van der Waals surface area contributed by atoms with Crippen LogP contribution in [0.25, 0.3) is 0 Å². The van der Waals surface area contributed by atoms with E-state index < -0.39 is 9.04 Å². The normalized spacial score (nSPS) is 14.4. The van der Waals surface area contributed by atoms with Crippen LogP contribution in [0.5, 0.6) is 0 Å². The molecule has 0 N–H and O–H groups in total. The molecule has 72 valence electrons. The monoisotopic (exact) mass is 186 g/mol. The molecule has 1 unspecified atom stereocenters. The Kier molecular flexibility index (Phi) is 7.51. The lowest BCUT2D eigenvalue weighted by molar-refractivity contribution is 0.276. The van der Waals surface area contributed by atoms with Gasteiger partial charge in [-0.25, -0.2) is 0 Å². The Morgan fingerprint density at radius 2 is 2.08 bits per heavy atom. The van der Waals surface area contributed by atoms with Crippen molar-refractivity contribution >= 4 is 9.04 Å². The Hall–Kier alpha value is -0.0831. The van der Waals surface area contributed by atoms with Gasteiger partial charge in [0.25, 0.3) is 0 Å². The van der Waals surface area contributed by atoms with Crippen LogP contribution in [0.2, 0.25) is 13.1 Å². The van der Waals surface area contributed by atoms with E-state index in [1.807, 2.05) is 0 Å². The van der Waals surface area contributed by atoms with Gasteiger partial charge in [0.05, 0.1) is 6.10 Å². The zero-order valence-electron chi connectivity index (χ0n) is 8.84. The van der Waals surface area contributed by atoms with Crippen molar-refractivity contribution in [2.75, 3.05) is 0 Å². The Morgan fingerprint density at radius 1 is 1.42 bits per heavy atom. The first-order valence-electron chi connectivity index (χ1n) is 4.99. The molecule has 0 aliphatic carbocycles. The first-order chi connectivity index (χ1) is 5.66. The van der Waals surface area contributed by atoms with Crippen LogP contribution in [0.3, 0.4) is 0 Å². The summed E-state index contributed by atoms with van der Waals surface area (Å²) >= 11 is 0. The summed E-state index contributed by atoms with van der Waals surface area (Å²) in [5.74, 6) is 0. The van der Waals surface area contributed by atoms with E-state index in [-0.39, 0.29) is 0 Å². The SMILES string of the molecule is CCCCC=CC(C)O[SiH](C)C. The van der Waals surface area contributed by atoms with Crippen LogP contribution in [-0.4, -0.2) is 15.1 Å². The van der Waals surface area contributed by atoms with Crippen LogP contribution in [0.15, 0.2) is 12.2 Å². The van der Waals surface area contributed by atoms with Gasteiger partial charge in [-0.05, 0) is 26.4 Å². The molecule has 0 rings (SSSR count). The first-order valence-corrected chi connectivity index (χ1v) is 7.77. The van der Waals surface area contributed by atoms with E-state index in [1.54, 1.807) is 0 Å². The second kappa shape index (κ2) is 7.56. The summed E-state index contributed by atoms with van der Waals surface area (Å²) in [6.07, 6.45) is 8.52. The zero-order valence-corrected chi connectivity index (χ0v) is 9.99. The van der Waals surface area contributed by atoms with Crippen molar-refractivity contribution in [1.29, 1.82) is 0 Å². The Bertz CT molecular complexity index is 121. The van der Waals surface area contributed by atoms with Crippen LogP contribution < -0.4 is 0 Å². The van der Waals surface area contributed by atoms with Gasteiger partial charge in [0, 0.05) is 0 Å². The highest BCUT2D eigenvalue weighted by Gasteiger charge is 1.99. The first kappa shape index (κ1) is 11.9. The van der Waals surface area contributed by atoms with Gasteiger partial charge in [-0.15, -0.1) is 0 Å². The summed E-state index contributed by atoms with van der Waals surface area (Å²) in [6, 6.07) is 0. The van der Waals surface area contributed by atoms with Crippen molar-refractivity contribution in [3.8, 4) is 0 Å². The molecule has 0 spiro atoms. The number of allylic oxidation sites excluding steroid dienone is 1. The van der Waals surface area contributed by atoms with Gasteiger partial charge < -0.3 is 4.43 Å². The third-order valence-corrected chi connectivity index (χ3v) is 2.59. The van der Waals surface area contributed by atoms with Crippen molar-refractivity contribution in [1.82, 2.24) is 0 Å². The molecule has 0 aromatic heterocycles. The predicted molar refractivity (Wildman–Crippen MR) is 58.1 cm³/mol. The molecule has 0 saturated carbocycles. The van der Waals surface area contributed by atoms with Gasteiger partial charge in [-0.2, -0.15) is 0 Å². The van der Waals surface area contributed by atoms with Crippen molar-refractivity contribution in [2.24, 2.45) is 0 Å². The number of rotatable bonds is 6. The van der Waals surface area contributed by atoms with E-state index in [9.17, 15) is 0 Å². The number of hydrogen-bond donors (Lipinski definition) is 0. The highest BCUT2D eigenvalue weighted by Crippen LogP contribution is 2.00. The highest BCUT2D eigenvalue weighted by atomic mass is 28.3. The van der Waals surface area contributed by atoms with E-state index in [0.29, 0.717) is 6.10 Å². The van der Waals surface area contributed by atoms with Gasteiger partial charge in [0.2, 0.25) is 0 Å². The quantitative estimate of drug-likeness (QED) is 0.352. The van der Waals surface area contributed by atoms with E-state index in [0.717, 1.165) is 0 Å². The van der Waals surface area contributed by atoms with E-state index in [2.05, 4.69) is 39.1 Å². The predicted octanol–water partition coefficient (Wildman–Crippen LogP) is 3.12. The average molecular weight is 186 g/mol. The largest absolute Gasteiger partial charge is 0.415 e. The maximum atomic E-state index is 5.68. The molecular formula is C10H22OSi. The minimum atomic E-state index is -0.838. The minimum absolute atomic E-state index is 0.327. The summed E-state index contributed by atoms with van der Waals surface area (Å²) in [4.78, 5) is 0. The summed E-state index contributed by atoms with van der Waals surface area (Å²) < 4.78 is 5.68. The van der Waals surface area contributed by atoms with Crippen LogP contribution in [-0.2, 0) is 4.43 Å². The topological polar surface area (TPSA) is 9.23 Å². The van der Waals surface area contributed by atoms with Gasteiger partial charge in [-0.3, -0.25) is 0 Å². The van der Waals surface area contributed by atoms with Crippen molar-refractivity contribution in [3.63, 3.8) is 0 Å². The molecule has 12 heavy (non-hydrogen) atoms. The average Bonchev–Trinajstić information content (AvgIpc) is 1.97. The van der Waals surface area contributed by atoms with Crippen LogP contribution in [0, 0.1) is 0 Å². The summed E-state index contributed by atoms with van der Waals surface area (Å²) in [6.45, 7) is 8.75. The van der Waals surface area contributed by atoms with Gasteiger partial charge in [0.1, 0.15) is 0 Å². The lowest BCUT2D eigenvalue weighted by atomic mass is 10.2. The Morgan fingerprint density at radius 3 is 2.58 bits per heavy atom. The third-order valence-electron chi connectivity index (χ3n) is 1.62. The summed E-state index contributed by atoms with van der Waals surface area (Å²) in [5.41, 5.74) is 0. The smallest absolute Gasteiger partial charge is 0.171 e. The van der Waals surface area contributed by atoms with E-state index in [1.165, 1.54) is 19.3 Å². The molecule has 1 atom stereocenters. The molecule has 0 aromatic rings. The van der Waals surface area contributed by atoms with Crippen molar-refractivity contribution in [3.05, 3.63) is 12.2 Å². The lowest BCUT2D eigenvalue weighted by Gasteiger charge is -2.11. The second-order valence-corrected chi connectivity index (χ2v) is 5.83. The number of unbranched alkanes of at least 4 members (excludes halogenated alkanes) is 2. The third kappa shape index (κ3) is 8.02. The molecule has 2 heteroatoms. The molecular weight excluding hydrogens is 164 g/mol. The van der Waals surface area contributed by atoms with Crippen molar-refractivity contribution < 1.29 is 4.43 Å². The molecule has 0 fully saturated rings. The van der Waals surface area contributed by atoms with E-state index in [4.69, 9.17) is 4.43 Å². The maximum Gasteiger partial charge on any atom is 0.171 e. The van der Waals surface area contributed by atoms with Gasteiger partial charge >= 0.3 is 0 Å². The van der Waals surface area contributed by atoms with Crippen LogP contribution in [0.1, 0.15) is 33.1 Å². The standard InChI is InChI=1S/C10H22OSi/c1-5-6-7-8-9-10(2)11-12(3)4/h8-10,12H,5-7H2,1-4H3. The Labute approximate surface area is 78.5 Å². The van der Waals surface area contributed by atoms with E-state index >= 15 is 0 Å². The fraction of sp³-hybridized carbons (Fsp3) is 0.800.